The predicted octanol–water partition coefficient (Wildman–Crippen LogP) is 20.7. The summed E-state index contributed by atoms with van der Waals surface area (Å²) in [6, 6.07) is 87.8. The summed E-state index contributed by atoms with van der Waals surface area (Å²) in [5.41, 5.74) is 17.0. The van der Waals surface area contributed by atoms with Crippen LogP contribution in [-0.4, -0.2) is 4.57 Å². The minimum absolute atomic E-state index is 0.313. The van der Waals surface area contributed by atoms with E-state index in [1.54, 1.807) is 12.1 Å². The van der Waals surface area contributed by atoms with E-state index in [0.717, 1.165) is 106 Å². The van der Waals surface area contributed by atoms with E-state index < -0.39 is 0 Å². The average Bonchev–Trinajstić information content (AvgIpc) is 4.02. The van der Waals surface area contributed by atoms with Crippen molar-refractivity contribution in [1.82, 2.24) is 4.57 Å². The fourth-order valence-corrected chi connectivity index (χ4v) is 11.2. The van der Waals surface area contributed by atoms with Gasteiger partial charge >= 0.3 is 0 Å². The van der Waals surface area contributed by atoms with Gasteiger partial charge in [0.05, 0.1) is 22.4 Å². The molecule has 0 fully saturated rings. The highest BCUT2D eigenvalue weighted by molar-refractivity contribution is 6.31. The summed E-state index contributed by atoms with van der Waals surface area (Å²) in [6.45, 7) is 6.69. The molecule has 2 aromatic heterocycles. The lowest BCUT2D eigenvalue weighted by molar-refractivity contribution is 0.590. The van der Waals surface area contributed by atoms with Crippen molar-refractivity contribution in [3.63, 3.8) is 0 Å². The van der Waals surface area contributed by atoms with Crippen LogP contribution >= 0.6 is 11.6 Å². The smallest absolute Gasteiger partial charge is 0.159 e. The molecule has 0 aliphatic carbocycles. The van der Waals surface area contributed by atoms with Gasteiger partial charge in [0, 0.05) is 66.1 Å². The van der Waals surface area contributed by atoms with Crippen LogP contribution in [0, 0.1) is 5.82 Å². The molecule has 0 saturated carbocycles. The van der Waals surface area contributed by atoms with E-state index in [1.807, 2.05) is 36.4 Å². The second-order valence-corrected chi connectivity index (χ2v) is 20.9. The van der Waals surface area contributed by atoms with Crippen LogP contribution in [0.4, 0.5) is 38.5 Å². The van der Waals surface area contributed by atoms with Gasteiger partial charge in [-0.25, -0.2) is 4.39 Å². The van der Waals surface area contributed by atoms with E-state index >= 15 is 4.39 Å². The van der Waals surface area contributed by atoms with Gasteiger partial charge in [0.15, 0.2) is 5.58 Å². The third-order valence-electron chi connectivity index (χ3n) is 14.6. The van der Waals surface area contributed by atoms with Crippen molar-refractivity contribution in [3.05, 3.63) is 271 Å². The van der Waals surface area contributed by atoms with Crippen LogP contribution in [0.15, 0.2) is 259 Å². The molecule has 2 heterocycles. The fourth-order valence-electron chi connectivity index (χ4n) is 11.0. The van der Waals surface area contributed by atoms with Gasteiger partial charge in [-0.1, -0.05) is 184 Å². The Morgan fingerprint density at radius 2 is 0.987 bits per heavy atom. The van der Waals surface area contributed by atoms with Gasteiger partial charge in [0.1, 0.15) is 11.4 Å². The molecule has 0 amide bonds. The van der Waals surface area contributed by atoms with Crippen molar-refractivity contribution >= 4 is 89.5 Å². The van der Waals surface area contributed by atoms with Gasteiger partial charge in [0.2, 0.25) is 0 Å². The van der Waals surface area contributed by atoms with Crippen molar-refractivity contribution in [2.75, 3.05) is 9.80 Å². The number of rotatable bonds is 10. The van der Waals surface area contributed by atoms with Gasteiger partial charge in [0.25, 0.3) is 0 Å². The van der Waals surface area contributed by atoms with Crippen LogP contribution in [0.5, 0.6) is 0 Å². The van der Waals surface area contributed by atoms with Crippen LogP contribution in [0.2, 0.25) is 5.02 Å². The number of nitrogens with zero attached hydrogens (tertiary/aromatic N) is 3. The molecule has 0 spiro atoms. The Kier molecular flexibility index (Phi) is 11.6. The normalized spacial score (nSPS) is 11.8. The van der Waals surface area contributed by atoms with Crippen LogP contribution in [0.3, 0.4) is 0 Å². The van der Waals surface area contributed by atoms with Gasteiger partial charge in [-0.2, -0.15) is 0 Å². The van der Waals surface area contributed by atoms with Crippen molar-refractivity contribution in [2.24, 2.45) is 0 Å². The molecule has 6 heteroatoms. The van der Waals surface area contributed by atoms with Crippen molar-refractivity contribution in [1.29, 1.82) is 0 Å². The van der Waals surface area contributed by atoms with E-state index in [9.17, 15) is 0 Å². The van der Waals surface area contributed by atoms with Gasteiger partial charge in [-0.3, -0.25) is 0 Å². The molecule has 13 rings (SSSR count). The maximum Gasteiger partial charge on any atom is 0.159 e. The monoisotopic (exact) mass is 1000 g/mol. The Balaban J connectivity index is 1.03. The molecule has 76 heavy (non-hydrogen) atoms. The predicted molar refractivity (Wildman–Crippen MR) is 317 cm³/mol. The van der Waals surface area contributed by atoms with Crippen molar-refractivity contribution in [3.8, 4) is 39.1 Å². The standard InChI is InChI=1S/C70H51ClFN3O/c1-70(2,3)50-41-56(73(54-27-15-23-51(71)43-54)65-37-35-48(46-19-7-4-8-20-46)39-62(65)47-21-9-5-10-22-47)45-57(42-50)74(55-28-16-24-52(72)44-55)67-34-18-32-61-60-31-17-30-58(68(60)76-69(61)67)49-36-38-66-63(40-49)59-29-13-14-33-64(59)75(66)53-25-11-6-12-26-53/h4-45H,1-3H3. The first kappa shape index (κ1) is 46.6. The minimum Gasteiger partial charge on any atom is -0.453 e. The van der Waals surface area contributed by atoms with Crippen molar-refractivity contribution in [2.45, 2.75) is 26.2 Å². The van der Waals surface area contributed by atoms with E-state index in [4.69, 9.17) is 16.0 Å². The summed E-state index contributed by atoms with van der Waals surface area (Å²) >= 11 is 6.92. The van der Waals surface area contributed by atoms with Crippen LogP contribution in [0.1, 0.15) is 26.3 Å². The number of halogens is 2. The zero-order chi connectivity index (χ0) is 51.5. The number of para-hydroxylation sites is 4. The number of hydrogen-bond acceptors (Lipinski definition) is 3. The van der Waals surface area contributed by atoms with Gasteiger partial charge in [-0.05, 0) is 136 Å². The molecule has 366 valence electrons. The number of anilines is 6. The number of hydrogen-bond donors (Lipinski definition) is 0. The van der Waals surface area contributed by atoms with Gasteiger partial charge in [-0.15, -0.1) is 0 Å². The van der Waals surface area contributed by atoms with Crippen LogP contribution in [-0.2, 0) is 5.41 Å². The quantitative estimate of drug-likeness (QED) is 0.136. The number of fused-ring (bicyclic) bond motifs is 6. The van der Waals surface area contributed by atoms with Gasteiger partial charge < -0.3 is 18.8 Å². The van der Waals surface area contributed by atoms with Crippen molar-refractivity contribution < 1.29 is 8.81 Å². The summed E-state index contributed by atoms with van der Waals surface area (Å²) in [5.74, 6) is -0.343. The lowest BCUT2D eigenvalue weighted by Crippen LogP contribution is -2.18. The minimum atomic E-state index is -0.343. The molecule has 0 atom stereocenters. The Labute approximate surface area is 446 Å². The van der Waals surface area contributed by atoms with Crippen LogP contribution in [0.25, 0.3) is 82.8 Å². The first-order chi connectivity index (χ1) is 37.1. The lowest BCUT2D eigenvalue weighted by Gasteiger charge is -2.33. The average molecular weight is 1000 g/mol. The highest BCUT2D eigenvalue weighted by Crippen LogP contribution is 2.49. The Morgan fingerprint density at radius 1 is 0.395 bits per heavy atom. The molecule has 0 bridgehead atoms. The van der Waals surface area contributed by atoms with Crippen LogP contribution < -0.4 is 9.80 Å². The number of benzene rings is 11. The van der Waals surface area contributed by atoms with E-state index in [2.05, 4.69) is 235 Å². The van der Waals surface area contributed by atoms with E-state index in [0.29, 0.717) is 16.3 Å². The molecule has 0 radical (unpaired) electrons. The molecule has 11 aromatic carbocycles. The summed E-state index contributed by atoms with van der Waals surface area (Å²) in [5, 5.41) is 4.90. The molecular formula is C70H51ClFN3O. The third kappa shape index (κ3) is 8.36. The number of aromatic nitrogens is 1. The highest BCUT2D eigenvalue weighted by Gasteiger charge is 2.27. The SMILES string of the molecule is CC(C)(C)c1cc(N(c2cccc(Cl)c2)c2ccc(-c3ccccc3)cc2-c2ccccc2)cc(N(c2cccc(F)c2)c2cccc3c2oc2c(-c4ccc5c(c4)c4ccccc4n5-c4ccccc4)cccc23)c1. The molecule has 0 N–H and O–H groups in total. The highest BCUT2D eigenvalue weighted by atomic mass is 35.5. The maximum absolute atomic E-state index is 15.8. The number of furan rings is 1. The summed E-state index contributed by atoms with van der Waals surface area (Å²) < 4.78 is 25.4. The fraction of sp³-hybridized carbons (Fsp3) is 0.0571. The molecule has 0 unspecified atom stereocenters. The van der Waals surface area contributed by atoms with E-state index in [1.165, 1.54) is 11.5 Å². The zero-order valence-corrected chi connectivity index (χ0v) is 43.0. The molecule has 4 nitrogen and oxygen atoms in total. The first-order valence-electron chi connectivity index (χ1n) is 25.7. The second kappa shape index (κ2) is 19.0. The van der Waals surface area contributed by atoms with E-state index in [-0.39, 0.29) is 11.2 Å². The second-order valence-electron chi connectivity index (χ2n) is 20.4. The molecule has 0 aliphatic rings. The topological polar surface area (TPSA) is 24.6 Å². The Morgan fingerprint density at radius 3 is 1.71 bits per heavy atom. The molecule has 0 saturated heterocycles. The third-order valence-corrected chi connectivity index (χ3v) is 14.8. The largest absolute Gasteiger partial charge is 0.453 e. The lowest BCUT2D eigenvalue weighted by atomic mass is 9.86. The molecular weight excluding hydrogens is 953 g/mol. The molecule has 13 aromatic rings. The summed E-state index contributed by atoms with van der Waals surface area (Å²) in [4.78, 5) is 4.44. The summed E-state index contributed by atoms with van der Waals surface area (Å²) in [7, 11) is 0. The zero-order valence-electron chi connectivity index (χ0n) is 42.3. The Bertz CT molecular complexity index is 4310. The first-order valence-corrected chi connectivity index (χ1v) is 26.1. The summed E-state index contributed by atoms with van der Waals surface area (Å²) in [6.07, 6.45) is 0. The maximum atomic E-state index is 15.8. The molecule has 0 aliphatic heterocycles. The Hall–Kier alpha value is -9.16.